The second-order valence-corrected chi connectivity index (χ2v) is 11.1. The van der Waals surface area contributed by atoms with Crippen LogP contribution in [0.2, 0.25) is 0 Å². The first-order valence-electron chi connectivity index (χ1n) is 11.4. The Morgan fingerprint density at radius 1 is 1.16 bits per heavy atom. The second kappa shape index (κ2) is 9.69. The summed E-state index contributed by atoms with van der Waals surface area (Å²) in [4.78, 5) is 28.5. The van der Waals surface area contributed by atoms with Gasteiger partial charge in [0.25, 0.3) is 0 Å². The van der Waals surface area contributed by atoms with Crippen LogP contribution in [0.4, 0.5) is 5.69 Å². The van der Waals surface area contributed by atoms with Crippen LogP contribution in [-0.4, -0.2) is 55.0 Å². The molecule has 1 atom stereocenters. The molecule has 1 aliphatic carbocycles. The number of sulfonamides is 1. The zero-order chi connectivity index (χ0) is 22.6. The Labute approximate surface area is 186 Å². The molecule has 3 rings (SSSR count). The molecule has 1 N–H and O–H groups in total. The van der Waals surface area contributed by atoms with Crippen LogP contribution in [-0.2, 0) is 19.6 Å². The number of carbonyl (C=O) groups is 2. The first kappa shape index (κ1) is 23.7. The number of para-hydroxylation sites is 1. The summed E-state index contributed by atoms with van der Waals surface area (Å²) in [5.41, 5.74) is 0.196. The maximum Gasteiger partial charge on any atom is 0.247 e. The number of anilines is 1. The Balaban J connectivity index is 1.98. The number of amides is 2. The average Bonchev–Trinajstić information content (AvgIpc) is 2.97. The van der Waals surface area contributed by atoms with Crippen molar-refractivity contribution in [2.24, 2.45) is 0 Å². The fraction of sp³-hybridized carbons (Fsp3) is 0.652. The fourth-order valence-corrected chi connectivity index (χ4v) is 6.23. The molecule has 172 valence electrons. The van der Waals surface area contributed by atoms with Gasteiger partial charge in [-0.2, -0.15) is 4.31 Å². The highest BCUT2D eigenvalue weighted by Crippen LogP contribution is 2.33. The number of hydrogen-bond donors (Lipinski definition) is 1. The number of piperazine rings is 1. The molecule has 7 nitrogen and oxygen atoms in total. The lowest BCUT2D eigenvalue weighted by Crippen LogP contribution is -2.71. The van der Waals surface area contributed by atoms with E-state index in [1.807, 2.05) is 31.2 Å². The smallest absolute Gasteiger partial charge is 0.247 e. The van der Waals surface area contributed by atoms with Gasteiger partial charge in [0, 0.05) is 18.3 Å². The second-order valence-electron chi connectivity index (χ2n) is 9.04. The van der Waals surface area contributed by atoms with Gasteiger partial charge in [-0.3, -0.25) is 14.5 Å². The number of hydrogen-bond acceptors (Lipinski definition) is 4. The van der Waals surface area contributed by atoms with Gasteiger partial charge in [-0.05, 0) is 44.7 Å². The Morgan fingerprint density at radius 3 is 2.42 bits per heavy atom. The molecule has 2 fully saturated rings. The van der Waals surface area contributed by atoms with Crippen molar-refractivity contribution in [1.82, 2.24) is 9.62 Å². The van der Waals surface area contributed by atoms with Crippen LogP contribution in [0.25, 0.3) is 0 Å². The summed E-state index contributed by atoms with van der Waals surface area (Å²) in [6, 6.07) is 7.49. The Hall–Kier alpha value is -1.93. The Bertz CT molecular complexity index is 909. The zero-order valence-electron chi connectivity index (χ0n) is 18.9. The quantitative estimate of drug-likeness (QED) is 0.677. The van der Waals surface area contributed by atoms with Crippen molar-refractivity contribution in [2.75, 3.05) is 23.7 Å². The van der Waals surface area contributed by atoms with E-state index in [9.17, 15) is 18.0 Å². The van der Waals surface area contributed by atoms with E-state index in [0.29, 0.717) is 12.1 Å². The summed E-state index contributed by atoms with van der Waals surface area (Å²) in [5.74, 6) is -0.698. The minimum atomic E-state index is -3.62. The van der Waals surface area contributed by atoms with Gasteiger partial charge in [-0.25, -0.2) is 8.42 Å². The molecule has 0 aromatic heterocycles. The summed E-state index contributed by atoms with van der Waals surface area (Å²) in [5, 5.41) is 3.16. The van der Waals surface area contributed by atoms with Crippen LogP contribution < -0.4 is 10.2 Å². The van der Waals surface area contributed by atoms with Crippen molar-refractivity contribution >= 4 is 27.5 Å². The highest BCUT2D eigenvalue weighted by molar-refractivity contribution is 7.89. The molecule has 31 heavy (non-hydrogen) atoms. The van der Waals surface area contributed by atoms with Gasteiger partial charge in [0.2, 0.25) is 21.8 Å². The van der Waals surface area contributed by atoms with Crippen LogP contribution in [0.15, 0.2) is 24.3 Å². The maximum absolute atomic E-state index is 13.6. The molecular weight excluding hydrogens is 414 g/mol. The average molecular weight is 450 g/mol. The topological polar surface area (TPSA) is 86.8 Å². The van der Waals surface area contributed by atoms with Gasteiger partial charge in [0.1, 0.15) is 5.54 Å². The largest absolute Gasteiger partial charge is 0.351 e. The molecule has 2 aliphatic rings. The molecule has 1 unspecified atom stereocenters. The van der Waals surface area contributed by atoms with Gasteiger partial charge < -0.3 is 5.32 Å². The third-order valence-corrected chi connectivity index (χ3v) is 8.40. The van der Waals surface area contributed by atoms with E-state index in [0.717, 1.165) is 31.2 Å². The van der Waals surface area contributed by atoms with Crippen LogP contribution in [0, 0.1) is 6.92 Å². The van der Waals surface area contributed by atoms with Crippen molar-refractivity contribution in [3.63, 3.8) is 0 Å². The Morgan fingerprint density at radius 2 is 1.81 bits per heavy atom. The van der Waals surface area contributed by atoms with Crippen molar-refractivity contribution in [3.8, 4) is 0 Å². The SMILES string of the molecule is CCCS(=O)(=O)N1CC(=O)N(c2ccccc2C)C(C)(C(=O)NC2CCCCCC2)C1. The predicted molar refractivity (Wildman–Crippen MR) is 122 cm³/mol. The van der Waals surface area contributed by atoms with Gasteiger partial charge in [0.05, 0.1) is 12.3 Å². The van der Waals surface area contributed by atoms with E-state index in [1.165, 1.54) is 22.0 Å². The molecule has 8 heteroatoms. The number of benzene rings is 1. The lowest BCUT2D eigenvalue weighted by molar-refractivity contribution is -0.133. The lowest BCUT2D eigenvalue weighted by atomic mass is 9.92. The van der Waals surface area contributed by atoms with E-state index in [4.69, 9.17) is 0 Å². The third kappa shape index (κ3) is 5.12. The van der Waals surface area contributed by atoms with Crippen molar-refractivity contribution in [2.45, 2.75) is 77.3 Å². The molecule has 1 heterocycles. The van der Waals surface area contributed by atoms with Gasteiger partial charge >= 0.3 is 0 Å². The monoisotopic (exact) mass is 449 g/mol. The van der Waals surface area contributed by atoms with E-state index in [-0.39, 0.29) is 36.7 Å². The van der Waals surface area contributed by atoms with Gasteiger partial charge in [0.15, 0.2) is 0 Å². The van der Waals surface area contributed by atoms with Crippen LogP contribution in [0.3, 0.4) is 0 Å². The molecule has 1 aromatic rings. The number of nitrogens with one attached hydrogen (secondary N) is 1. The summed E-state index contributed by atoms with van der Waals surface area (Å²) in [6.45, 7) is 5.08. The molecule has 1 aliphatic heterocycles. The first-order valence-corrected chi connectivity index (χ1v) is 13.0. The van der Waals surface area contributed by atoms with Crippen molar-refractivity contribution in [3.05, 3.63) is 29.8 Å². The van der Waals surface area contributed by atoms with Crippen molar-refractivity contribution in [1.29, 1.82) is 0 Å². The van der Waals surface area contributed by atoms with Crippen LogP contribution >= 0.6 is 0 Å². The minimum absolute atomic E-state index is 0.0367. The fourth-order valence-electron chi connectivity index (χ4n) is 4.70. The highest BCUT2D eigenvalue weighted by atomic mass is 32.2. The number of carbonyl (C=O) groups excluding carboxylic acids is 2. The van der Waals surface area contributed by atoms with E-state index in [2.05, 4.69) is 5.32 Å². The normalized spacial score (nSPS) is 24.1. The number of rotatable bonds is 6. The van der Waals surface area contributed by atoms with Crippen LogP contribution in [0.1, 0.15) is 64.4 Å². The summed E-state index contributed by atoms with van der Waals surface area (Å²) in [6.07, 6.45) is 6.76. The van der Waals surface area contributed by atoms with Gasteiger partial charge in [-0.1, -0.05) is 50.8 Å². The molecule has 1 saturated heterocycles. The molecule has 0 radical (unpaired) electrons. The van der Waals surface area contributed by atoms with Gasteiger partial charge in [-0.15, -0.1) is 0 Å². The molecule has 0 spiro atoms. The summed E-state index contributed by atoms with van der Waals surface area (Å²) >= 11 is 0. The molecular formula is C23H35N3O4S. The van der Waals surface area contributed by atoms with E-state index < -0.39 is 15.6 Å². The standard InChI is InChI=1S/C23H35N3O4S/c1-4-15-31(29,30)25-16-21(27)26(20-14-10-9-11-18(20)2)23(3,17-25)22(28)24-19-12-7-5-6-8-13-19/h9-11,14,19H,4-8,12-13,15-17H2,1-3H3,(H,24,28). The maximum atomic E-state index is 13.6. The van der Waals surface area contributed by atoms with Crippen LogP contribution in [0.5, 0.6) is 0 Å². The Kier molecular flexibility index (Phi) is 7.42. The molecule has 2 amide bonds. The van der Waals surface area contributed by atoms with Crippen molar-refractivity contribution < 1.29 is 18.0 Å². The van der Waals surface area contributed by atoms with E-state index in [1.54, 1.807) is 13.8 Å². The molecule has 0 bridgehead atoms. The van der Waals surface area contributed by atoms with E-state index >= 15 is 0 Å². The lowest BCUT2D eigenvalue weighted by Gasteiger charge is -2.47. The zero-order valence-corrected chi connectivity index (χ0v) is 19.7. The molecule has 1 aromatic carbocycles. The number of nitrogens with zero attached hydrogens (tertiary/aromatic N) is 2. The third-order valence-electron chi connectivity index (χ3n) is 6.43. The summed E-state index contributed by atoms with van der Waals surface area (Å²) < 4.78 is 26.8. The number of aryl methyl sites for hydroxylation is 1. The predicted octanol–water partition coefficient (Wildman–Crippen LogP) is 2.98. The summed E-state index contributed by atoms with van der Waals surface area (Å²) in [7, 11) is -3.62. The highest BCUT2D eigenvalue weighted by Gasteiger charge is 2.51. The minimum Gasteiger partial charge on any atom is -0.351 e. The first-order chi connectivity index (χ1) is 14.7. The molecule has 1 saturated carbocycles.